The van der Waals surface area contributed by atoms with Crippen molar-refractivity contribution in [3.63, 3.8) is 0 Å². The summed E-state index contributed by atoms with van der Waals surface area (Å²) in [7, 11) is 0. The number of likely N-dealkylation sites (tertiary alicyclic amines) is 1. The molecule has 0 spiro atoms. The summed E-state index contributed by atoms with van der Waals surface area (Å²) in [4.78, 5) is 25.3. The van der Waals surface area contributed by atoms with E-state index < -0.39 is 12.0 Å². The largest absolute Gasteiger partial charge is 0.490 e. The first kappa shape index (κ1) is 14.9. The second-order valence-electron chi connectivity index (χ2n) is 6.04. The Balaban J connectivity index is 1.69. The topological polar surface area (TPSA) is 66.8 Å². The number of hydrogen-bond acceptors (Lipinski definition) is 3. The van der Waals surface area contributed by atoms with E-state index in [-0.39, 0.29) is 5.91 Å². The minimum Gasteiger partial charge on any atom is -0.490 e. The maximum absolute atomic E-state index is 12.5. The summed E-state index contributed by atoms with van der Waals surface area (Å²) in [5, 5.41) is 9.27. The Kier molecular flexibility index (Phi) is 4.32. The fourth-order valence-electron chi connectivity index (χ4n) is 2.95. The maximum atomic E-state index is 12.5. The number of aliphatic carboxylic acids is 1. The number of benzene rings is 1. The Bertz CT molecular complexity index is 550. The van der Waals surface area contributed by atoms with Crippen LogP contribution in [0.1, 0.15) is 48.9 Å². The summed E-state index contributed by atoms with van der Waals surface area (Å²) in [6.45, 7) is 0.510. The van der Waals surface area contributed by atoms with Gasteiger partial charge in [0.05, 0.1) is 6.10 Å². The number of nitrogens with zero attached hydrogens (tertiary/aromatic N) is 1. The Morgan fingerprint density at radius 3 is 2.36 bits per heavy atom. The fourth-order valence-corrected chi connectivity index (χ4v) is 2.95. The lowest BCUT2D eigenvalue weighted by Gasteiger charge is -2.33. The van der Waals surface area contributed by atoms with Crippen LogP contribution in [-0.4, -0.2) is 40.6 Å². The first-order valence-corrected chi connectivity index (χ1v) is 7.95. The van der Waals surface area contributed by atoms with Gasteiger partial charge in [0.15, 0.2) is 0 Å². The highest BCUT2D eigenvalue weighted by Crippen LogP contribution is 2.26. The molecule has 1 N–H and O–H groups in total. The van der Waals surface area contributed by atoms with E-state index in [1.54, 1.807) is 24.3 Å². The van der Waals surface area contributed by atoms with Gasteiger partial charge in [-0.1, -0.05) is 0 Å². The molecule has 5 heteroatoms. The van der Waals surface area contributed by atoms with Gasteiger partial charge < -0.3 is 14.7 Å². The number of rotatable bonds is 4. The Hall–Kier alpha value is -2.04. The van der Waals surface area contributed by atoms with E-state index in [1.165, 1.54) is 11.3 Å². The number of carboxylic acid groups (broad SMARTS) is 1. The average Bonchev–Trinajstić information content (AvgIpc) is 2.51. The number of piperidine rings is 1. The van der Waals surface area contributed by atoms with Gasteiger partial charge in [-0.05, 0) is 62.8 Å². The molecule has 5 nitrogen and oxygen atoms in total. The number of carbonyl (C=O) groups is 2. The lowest BCUT2D eigenvalue weighted by atomic mass is 9.96. The van der Waals surface area contributed by atoms with E-state index in [0.29, 0.717) is 24.6 Å². The zero-order chi connectivity index (χ0) is 15.5. The van der Waals surface area contributed by atoms with Crippen molar-refractivity contribution in [3.05, 3.63) is 29.8 Å². The molecule has 0 bridgehead atoms. The molecular weight excluding hydrogens is 282 g/mol. The summed E-state index contributed by atoms with van der Waals surface area (Å²) < 4.78 is 5.77. The third kappa shape index (κ3) is 3.08. The SMILES string of the molecule is O=C(O)C1CCCCN1C(=O)c1ccc(OC2CCC2)cc1. The van der Waals surface area contributed by atoms with Crippen molar-refractivity contribution < 1.29 is 19.4 Å². The van der Waals surface area contributed by atoms with E-state index >= 15 is 0 Å². The summed E-state index contributed by atoms with van der Waals surface area (Å²) in [5.41, 5.74) is 0.522. The van der Waals surface area contributed by atoms with E-state index in [0.717, 1.165) is 31.4 Å². The minimum atomic E-state index is -0.919. The molecular formula is C17H21NO4. The summed E-state index contributed by atoms with van der Waals surface area (Å²) in [5.74, 6) is -0.352. The van der Waals surface area contributed by atoms with Crippen LogP contribution in [0.3, 0.4) is 0 Å². The molecule has 1 saturated carbocycles. The predicted octanol–water partition coefficient (Wildman–Crippen LogP) is 2.70. The fraction of sp³-hybridized carbons (Fsp3) is 0.529. The van der Waals surface area contributed by atoms with Gasteiger partial charge in [-0.15, -0.1) is 0 Å². The Morgan fingerprint density at radius 2 is 1.77 bits per heavy atom. The molecule has 1 aliphatic carbocycles. The second-order valence-corrected chi connectivity index (χ2v) is 6.04. The maximum Gasteiger partial charge on any atom is 0.326 e. The van der Waals surface area contributed by atoms with E-state index in [4.69, 9.17) is 4.74 Å². The normalized spacial score (nSPS) is 22.0. The minimum absolute atomic E-state index is 0.206. The zero-order valence-electron chi connectivity index (χ0n) is 12.5. The first-order chi connectivity index (χ1) is 10.6. The van der Waals surface area contributed by atoms with E-state index in [1.807, 2.05) is 0 Å². The van der Waals surface area contributed by atoms with Crippen molar-refractivity contribution in [1.29, 1.82) is 0 Å². The number of hydrogen-bond donors (Lipinski definition) is 1. The van der Waals surface area contributed by atoms with Crippen molar-refractivity contribution in [2.24, 2.45) is 0 Å². The standard InChI is InChI=1S/C17H21NO4/c19-16(18-11-2-1-6-15(18)17(20)21)12-7-9-14(10-8-12)22-13-4-3-5-13/h7-10,13,15H,1-6,11H2,(H,20,21). The molecule has 1 saturated heterocycles. The van der Waals surface area contributed by atoms with Gasteiger partial charge in [0.1, 0.15) is 11.8 Å². The third-order valence-electron chi connectivity index (χ3n) is 4.50. The van der Waals surface area contributed by atoms with Crippen LogP contribution in [0, 0.1) is 0 Å². The third-order valence-corrected chi connectivity index (χ3v) is 4.50. The molecule has 1 amide bonds. The molecule has 2 fully saturated rings. The van der Waals surface area contributed by atoms with E-state index in [9.17, 15) is 14.7 Å². The molecule has 1 atom stereocenters. The van der Waals surface area contributed by atoms with Crippen LogP contribution in [-0.2, 0) is 4.79 Å². The van der Waals surface area contributed by atoms with Crippen molar-refractivity contribution >= 4 is 11.9 Å². The van der Waals surface area contributed by atoms with Crippen LogP contribution >= 0.6 is 0 Å². The van der Waals surface area contributed by atoms with Gasteiger partial charge in [0, 0.05) is 12.1 Å². The van der Waals surface area contributed by atoms with Gasteiger partial charge in [-0.2, -0.15) is 0 Å². The highest BCUT2D eigenvalue weighted by atomic mass is 16.5. The second kappa shape index (κ2) is 6.38. The predicted molar refractivity (Wildman–Crippen MR) is 81.0 cm³/mol. The number of carbonyl (C=O) groups excluding carboxylic acids is 1. The van der Waals surface area contributed by atoms with Crippen molar-refractivity contribution in [2.45, 2.75) is 50.7 Å². The van der Waals surface area contributed by atoms with Crippen LogP contribution in [0.25, 0.3) is 0 Å². The van der Waals surface area contributed by atoms with Crippen LogP contribution in [0.5, 0.6) is 5.75 Å². The molecule has 0 radical (unpaired) electrons. The van der Waals surface area contributed by atoms with Crippen LogP contribution < -0.4 is 4.74 Å². The van der Waals surface area contributed by atoms with Crippen LogP contribution in [0.2, 0.25) is 0 Å². The van der Waals surface area contributed by atoms with E-state index in [2.05, 4.69) is 0 Å². The van der Waals surface area contributed by atoms with Gasteiger partial charge >= 0.3 is 5.97 Å². The lowest BCUT2D eigenvalue weighted by molar-refractivity contribution is -0.143. The number of amides is 1. The van der Waals surface area contributed by atoms with Gasteiger partial charge in [0.2, 0.25) is 0 Å². The highest BCUT2D eigenvalue weighted by molar-refractivity contribution is 5.96. The van der Waals surface area contributed by atoms with Crippen molar-refractivity contribution in [2.75, 3.05) is 6.54 Å². The summed E-state index contributed by atoms with van der Waals surface area (Å²) >= 11 is 0. The highest BCUT2D eigenvalue weighted by Gasteiger charge is 2.32. The average molecular weight is 303 g/mol. The van der Waals surface area contributed by atoms with Gasteiger partial charge in [-0.3, -0.25) is 4.79 Å². The Morgan fingerprint density at radius 1 is 1.05 bits per heavy atom. The molecule has 2 aliphatic rings. The van der Waals surface area contributed by atoms with Gasteiger partial charge in [-0.25, -0.2) is 4.79 Å². The molecule has 1 unspecified atom stereocenters. The molecule has 1 aliphatic heterocycles. The molecule has 3 rings (SSSR count). The first-order valence-electron chi connectivity index (χ1n) is 7.95. The molecule has 22 heavy (non-hydrogen) atoms. The molecule has 118 valence electrons. The monoisotopic (exact) mass is 303 g/mol. The molecule has 1 aromatic rings. The number of carboxylic acids is 1. The van der Waals surface area contributed by atoms with Crippen LogP contribution in [0.15, 0.2) is 24.3 Å². The molecule has 0 aromatic heterocycles. The Labute approximate surface area is 129 Å². The molecule has 1 heterocycles. The van der Waals surface area contributed by atoms with Crippen molar-refractivity contribution in [1.82, 2.24) is 4.90 Å². The zero-order valence-corrected chi connectivity index (χ0v) is 12.5. The quantitative estimate of drug-likeness (QED) is 0.928. The van der Waals surface area contributed by atoms with Gasteiger partial charge in [0.25, 0.3) is 5.91 Å². The summed E-state index contributed by atoms with van der Waals surface area (Å²) in [6.07, 6.45) is 5.95. The van der Waals surface area contributed by atoms with Crippen molar-refractivity contribution in [3.8, 4) is 5.75 Å². The summed E-state index contributed by atoms with van der Waals surface area (Å²) in [6, 6.07) is 6.34. The van der Waals surface area contributed by atoms with Crippen LogP contribution in [0.4, 0.5) is 0 Å². The lowest BCUT2D eigenvalue weighted by Crippen LogP contribution is -2.47. The smallest absolute Gasteiger partial charge is 0.326 e. The number of ether oxygens (including phenoxy) is 1. The molecule has 1 aromatic carbocycles.